The summed E-state index contributed by atoms with van der Waals surface area (Å²) < 4.78 is 11.2. The highest BCUT2D eigenvalue weighted by Gasteiger charge is 2.24. The third-order valence-electron chi connectivity index (χ3n) is 3.45. The first kappa shape index (κ1) is 17.7. The highest BCUT2D eigenvalue weighted by molar-refractivity contribution is 7.57. The number of nitrogens with one attached hydrogen (secondary N) is 2. The minimum Gasteiger partial charge on any atom is -0.382 e. The summed E-state index contributed by atoms with van der Waals surface area (Å²) >= 11 is 0. The van der Waals surface area contributed by atoms with Crippen LogP contribution in [0.4, 0.5) is 0 Å². The van der Waals surface area contributed by atoms with E-state index in [0.717, 1.165) is 17.4 Å². The molecule has 1 amide bonds. The molecule has 7 nitrogen and oxygen atoms in total. The first-order valence-electron chi connectivity index (χ1n) is 7.06. The predicted octanol–water partition coefficient (Wildman–Crippen LogP) is 0.0198. The van der Waals surface area contributed by atoms with Gasteiger partial charge < -0.3 is 10.00 Å². The predicted molar refractivity (Wildman–Crippen MR) is 85.7 cm³/mol. The van der Waals surface area contributed by atoms with Crippen molar-refractivity contribution in [1.29, 1.82) is 0 Å². The largest absolute Gasteiger partial charge is 0.382 e. The monoisotopic (exact) mass is 339 g/mol. The Morgan fingerprint density at radius 2 is 1.91 bits per heavy atom. The van der Waals surface area contributed by atoms with Gasteiger partial charge in [0.25, 0.3) is 0 Å². The number of amides is 1. The van der Waals surface area contributed by atoms with Crippen LogP contribution in [0.5, 0.6) is 0 Å². The lowest BCUT2D eigenvalue weighted by molar-refractivity contribution is -1.02. The van der Waals surface area contributed by atoms with Gasteiger partial charge in [0.05, 0.1) is 5.56 Å². The van der Waals surface area contributed by atoms with Crippen molar-refractivity contribution in [3.63, 3.8) is 0 Å². The minimum absolute atomic E-state index is 0.192. The summed E-state index contributed by atoms with van der Waals surface area (Å²) in [7, 11) is -3.61. The van der Waals surface area contributed by atoms with Crippen LogP contribution in [0, 0.1) is 0 Å². The molecular weight excluding hydrogens is 319 g/mol. The lowest BCUT2D eigenvalue weighted by atomic mass is 10.1. The number of hydroxylamine groups is 2. The Kier molecular flexibility index (Phi) is 5.64. The van der Waals surface area contributed by atoms with Crippen LogP contribution < -0.4 is 10.4 Å². The van der Waals surface area contributed by atoms with Gasteiger partial charge >= 0.3 is 5.91 Å². The fraction of sp³-hybridized carbons (Fsp3) is 0.267. The van der Waals surface area contributed by atoms with Gasteiger partial charge in [0.15, 0.2) is 6.67 Å². The Hall–Kier alpha value is -1.60. The fourth-order valence-electron chi connectivity index (χ4n) is 2.07. The van der Waals surface area contributed by atoms with Crippen molar-refractivity contribution in [3.8, 4) is 0 Å². The highest BCUT2D eigenvalue weighted by Crippen LogP contribution is 2.39. The molecule has 23 heavy (non-hydrogen) atoms. The van der Waals surface area contributed by atoms with Crippen LogP contribution in [0.25, 0.3) is 10.8 Å². The molecule has 0 spiro atoms. The van der Waals surface area contributed by atoms with Gasteiger partial charge in [-0.25, -0.2) is 10.0 Å². The summed E-state index contributed by atoms with van der Waals surface area (Å²) in [4.78, 5) is 21.3. The molecule has 0 saturated heterocycles. The molecule has 0 heterocycles. The smallest absolute Gasteiger partial charge is 0.377 e. The molecule has 2 aromatic rings. The number of carbonyl (C=O) groups excluding carboxylic acids is 1. The molecule has 2 rings (SSSR count). The number of fused-ring (bicyclic) bond motifs is 1. The zero-order valence-electron chi connectivity index (χ0n) is 12.6. The summed E-state index contributed by atoms with van der Waals surface area (Å²) in [5.74, 6) is -1.97. The standard InChI is InChI=1S/C15H19N2O5P/c1-23(21,22)14(18)9-16-10-17(20)15(19)13-7-6-11-4-2-3-5-12(11)8-13/h2-8,14,16,18,20H,9-10H2,1H3,(H,21,22)/p+1. The molecule has 5 N–H and O–H groups in total. The molecule has 0 aliphatic carbocycles. The van der Waals surface area contributed by atoms with Crippen LogP contribution in [-0.4, -0.2) is 46.8 Å². The van der Waals surface area contributed by atoms with Crippen molar-refractivity contribution < 1.29 is 29.6 Å². The van der Waals surface area contributed by atoms with Crippen molar-refractivity contribution in [2.45, 2.75) is 5.85 Å². The Balaban J connectivity index is 1.97. The normalized spacial score (nSPS) is 16.7. The Morgan fingerprint density at radius 1 is 1.26 bits per heavy atom. The van der Waals surface area contributed by atoms with Gasteiger partial charge in [0.1, 0.15) is 5.85 Å². The van der Waals surface area contributed by atoms with E-state index in [-0.39, 0.29) is 13.2 Å². The Labute approximate surface area is 133 Å². The second-order valence-corrected chi connectivity index (χ2v) is 7.88. The quantitative estimate of drug-likeness (QED) is 0.220. The molecule has 2 aromatic carbocycles. The first-order valence-corrected chi connectivity index (χ1v) is 9.23. The minimum atomic E-state index is -3.61. The Bertz CT molecular complexity index is 745. The van der Waals surface area contributed by atoms with Crippen molar-refractivity contribution in [2.75, 3.05) is 19.9 Å². The van der Waals surface area contributed by atoms with E-state index < -0.39 is 24.2 Å². The molecule has 0 bridgehead atoms. The summed E-state index contributed by atoms with van der Waals surface area (Å²) in [6.07, 6.45) is 0. The molecule has 3 unspecified atom stereocenters. The van der Waals surface area contributed by atoms with E-state index in [2.05, 4.69) is 5.32 Å². The maximum Gasteiger partial charge on any atom is 0.377 e. The third kappa shape index (κ3) is 4.68. The highest BCUT2D eigenvalue weighted by atomic mass is 31.2. The van der Waals surface area contributed by atoms with Gasteiger partial charge in [0.2, 0.25) is 7.37 Å². The Morgan fingerprint density at radius 3 is 2.57 bits per heavy atom. The number of aliphatic hydroxyl groups excluding tert-OH is 1. The molecular formula is C15H20N2O5P+. The van der Waals surface area contributed by atoms with Gasteiger partial charge in [-0.2, -0.15) is 0 Å². The van der Waals surface area contributed by atoms with Gasteiger partial charge in [-0.15, -0.1) is 5.06 Å². The van der Waals surface area contributed by atoms with Crippen LogP contribution in [0.2, 0.25) is 0 Å². The van der Waals surface area contributed by atoms with E-state index in [4.69, 9.17) is 4.89 Å². The van der Waals surface area contributed by atoms with E-state index in [1.165, 1.54) is 0 Å². The summed E-state index contributed by atoms with van der Waals surface area (Å²) in [5.41, 5.74) is 0.354. The molecule has 0 radical (unpaired) electrons. The second-order valence-electron chi connectivity index (χ2n) is 5.39. The third-order valence-corrected chi connectivity index (χ3v) is 4.73. The molecule has 0 saturated carbocycles. The molecule has 0 fully saturated rings. The summed E-state index contributed by atoms with van der Waals surface area (Å²) in [5, 5.41) is 23.3. The van der Waals surface area contributed by atoms with Gasteiger partial charge in [-0.05, 0) is 22.9 Å². The lowest BCUT2D eigenvalue weighted by Crippen LogP contribution is -3.14. The van der Waals surface area contributed by atoms with Crippen LogP contribution in [0.3, 0.4) is 0 Å². The molecule has 0 aliphatic rings. The van der Waals surface area contributed by atoms with E-state index in [1.807, 2.05) is 24.3 Å². The van der Waals surface area contributed by atoms with Gasteiger partial charge in [0, 0.05) is 13.2 Å². The number of benzene rings is 2. The van der Waals surface area contributed by atoms with Gasteiger partial charge in [-0.1, -0.05) is 30.3 Å². The molecule has 8 heteroatoms. The first-order chi connectivity index (χ1) is 10.8. The number of hydrogen-bond donors (Lipinski definition) is 5. The van der Waals surface area contributed by atoms with Crippen molar-refractivity contribution in [2.24, 2.45) is 0 Å². The maximum atomic E-state index is 12.2. The zero-order valence-corrected chi connectivity index (χ0v) is 13.5. The zero-order chi connectivity index (χ0) is 17.0. The number of aliphatic hydroxyl groups is 1. The molecule has 0 aromatic heterocycles. The molecule has 0 aliphatic heterocycles. The van der Waals surface area contributed by atoms with Crippen molar-refractivity contribution in [3.05, 3.63) is 48.0 Å². The van der Waals surface area contributed by atoms with Crippen LogP contribution >= 0.6 is 7.37 Å². The maximum absolute atomic E-state index is 12.2. The van der Waals surface area contributed by atoms with Crippen LogP contribution in [0.15, 0.2) is 42.5 Å². The van der Waals surface area contributed by atoms with Crippen molar-refractivity contribution >= 4 is 24.0 Å². The van der Waals surface area contributed by atoms with E-state index >= 15 is 0 Å². The van der Waals surface area contributed by atoms with E-state index in [0.29, 0.717) is 5.56 Å². The average molecular weight is 339 g/mol. The number of carbonyl (C=O) groups is 1. The summed E-state index contributed by atoms with van der Waals surface area (Å²) in [6.45, 7) is 0.658. The summed E-state index contributed by atoms with van der Waals surface area (Å²) in [6, 6.07) is 12.7. The lowest BCUT2D eigenvalue weighted by Gasteiger charge is -2.15. The molecule has 124 valence electrons. The van der Waals surface area contributed by atoms with Gasteiger partial charge in [-0.3, -0.25) is 9.88 Å². The second kappa shape index (κ2) is 7.31. The average Bonchev–Trinajstić information content (AvgIpc) is 2.52. The van der Waals surface area contributed by atoms with Crippen LogP contribution in [-0.2, 0) is 4.57 Å². The van der Waals surface area contributed by atoms with Crippen molar-refractivity contribution in [1.82, 2.24) is 5.32 Å². The fourth-order valence-corrected chi connectivity index (χ4v) is 2.53. The number of quaternary nitrogens is 1. The number of hydrogen-bond acceptors (Lipinski definition) is 5. The number of rotatable bonds is 6. The molecule has 3 atom stereocenters. The van der Waals surface area contributed by atoms with E-state index in [1.54, 1.807) is 18.2 Å². The van der Waals surface area contributed by atoms with Crippen LogP contribution in [0.1, 0.15) is 10.4 Å². The topological polar surface area (TPSA) is 111 Å². The SMILES string of the molecule is CP(=O)(O)C(O)CNC[NH+](O)C(=O)c1ccc2ccccc2c1. The van der Waals surface area contributed by atoms with E-state index in [9.17, 15) is 19.7 Å².